The number of para-hydroxylation sites is 1. The largest absolute Gasteiger partial charge is 0.454 e. The van der Waals surface area contributed by atoms with Gasteiger partial charge in [0, 0.05) is 31.9 Å². The highest BCUT2D eigenvalue weighted by Gasteiger charge is 2.30. The zero-order chi connectivity index (χ0) is 21.9. The Balaban J connectivity index is 1.33. The Morgan fingerprint density at radius 3 is 2.50 bits per heavy atom. The van der Waals surface area contributed by atoms with E-state index in [4.69, 9.17) is 9.47 Å². The van der Waals surface area contributed by atoms with Gasteiger partial charge in [-0.1, -0.05) is 38.1 Å². The number of hydrogen-bond donors (Lipinski definition) is 0. The topological polar surface area (TPSA) is 68.5 Å². The molecule has 1 fully saturated rings. The van der Waals surface area contributed by atoms with Gasteiger partial charge in [0.05, 0.1) is 12.6 Å². The molecule has 3 aromatic rings. The monoisotopic (exact) mass is 434 g/mol. The summed E-state index contributed by atoms with van der Waals surface area (Å²) in [5, 5.41) is 12.9. The second kappa shape index (κ2) is 9.16. The Hall–Kier alpha value is -3.13. The normalized spacial score (nSPS) is 17.2. The minimum atomic E-state index is 0.192. The number of benzene rings is 2. The molecule has 32 heavy (non-hydrogen) atoms. The number of fused-ring (bicyclic) bond motifs is 1. The maximum absolute atomic E-state index is 5.53. The van der Waals surface area contributed by atoms with E-state index in [9.17, 15) is 0 Å². The van der Waals surface area contributed by atoms with Gasteiger partial charge in [-0.15, -0.1) is 5.10 Å². The van der Waals surface area contributed by atoms with E-state index in [-0.39, 0.29) is 12.8 Å². The van der Waals surface area contributed by atoms with Crippen molar-refractivity contribution in [3.8, 4) is 11.5 Å². The molecule has 2 aromatic carbocycles. The first-order valence-corrected chi connectivity index (χ1v) is 11.4. The van der Waals surface area contributed by atoms with Gasteiger partial charge in [-0.05, 0) is 52.6 Å². The molecule has 8 nitrogen and oxygen atoms in total. The van der Waals surface area contributed by atoms with Gasteiger partial charge in [-0.2, -0.15) is 0 Å². The van der Waals surface area contributed by atoms with E-state index in [0.29, 0.717) is 12.5 Å². The summed E-state index contributed by atoms with van der Waals surface area (Å²) in [6.07, 6.45) is 1.02. The predicted molar refractivity (Wildman–Crippen MR) is 122 cm³/mol. The molecule has 2 aliphatic heterocycles. The molecular formula is C24H30N6O2. The number of rotatable bonds is 7. The van der Waals surface area contributed by atoms with Crippen LogP contribution in [0.5, 0.6) is 11.5 Å². The minimum absolute atomic E-state index is 0.192. The van der Waals surface area contributed by atoms with E-state index in [1.165, 1.54) is 5.69 Å². The first-order valence-electron chi connectivity index (χ1n) is 11.4. The SMILES string of the molecule is CC(C)C[C@H](c1nnnn1Cc1ccc2c(c1)OCO2)N1CCN(c2ccccc2)CC1. The maximum atomic E-state index is 5.53. The van der Waals surface area contributed by atoms with Crippen molar-refractivity contribution in [2.75, 3.05) is 37.9 Å². The third kappa shape index (κ3) is 4.41. The molecule has 0 spiro atoms. The first-order chi connectivity index (χ1) is 15.7. The highest BCUT2D eigenvalue weighted by Crippen LogP contribution is 2.33. The summed E-state index contributed by atoms with van der Waals surface area (Å²) >= 11 is 0. The summed E-state index contributed by atoms with van der Waals surface area (Å²) < 4.78 is 12.9. The van der Waals surface area contributed by atoms with Gasteiger partial charge in [-0.3, -0.25) is 4.90 Å². The van der Waals surface area contributed by atoms with Gasteiger partial charge >= 0.3 is 0 Å². The summed E-state index contributed by atoms with van der Waals surface area (Å²) in [6.45, 7) is 9.40. The summed E-state index contributed by atoms with van der Waals surface area (Å²) in [6, 6.07) is 16.9. The van der Waals surface area contributed by atoms with E-state index < -0.39 is 0 Å². The highest BCUT2D eigenvalue weighted by atomic mass is 16.7. The number of nitrogens with zero attached hydrogens (tertiary/aromatic N) is 6. The van der Waals surface area contributed by atoms with Crippen molar-refractivity contribution < 1.29 is 9.47 Å². The molecule has 168 valence electrons. The number of tetrazole rings is 1. The second-order valence-electron chi connectivity index (χ2n) is 8.89. The van der Waals surface area contributed by atoms with Crippen LogP contribution in [0.1, 0.15) is 37.7 Å². The average molecular weight is 435 g/mol. The van der Waals surface area contributed by atoms with Crippen LogP contribution in [0, 0.1) is 5.92 Å². The van der Waals surface area contributed by atoms with Crippen LogP contribution in [0.4, 0.5) is 5.69 Å². The molecule has 0 amide bonds. The van der Waals surface area contributed by atoms with Crippen molar-refractivity contribution >= 4 is 5.69 Å². The molecule has 0 saturated carbocycles. The lowest BCUT2D eigenvalue weighted by atomic mass is 10.0. The zero-order valence-electron chi connectivity index (χ0n) is 18.7. The quantitative estimate of drug-likeness (QED) is 0.565. The lowest BCUT2D eigenvalue weighted by molar-refractivity contribution is 0.153. The molecule has 0 bridgehead atoms. The summed E-state index contributed by atoms with van der Waals surface area (Å²) in [5.41, 5.74) is 2.39. The average Bonchev–Trinajstić information content (AvgIpc) is 3.47. The van der Waals surface area contributed by atoms with E-state index in [1.807, 2.05) is 16.8 Å². The second-order valence-corrected chi connectivity index (χ2v) is 8.89. The molecule has 0 radical (unpaired) electrons. The van der Waals surface area contributed by atoms with Crippen molar-refractivity contribution in [2.24, 2.45) is 5.92 Å². The summed E-state index contributed by atoms with van der Waals surface area (Å²) in [4.78, 5) is 5.00. The highest BCUT2D eigenvalue weighted by molar-refractivity contribution is 5.46. The van der Waals surface area contributed by atoms with E-state index in [0.717, 1.165) is 55.5 Å². The molecule has 0 aliphatic carbocycles. The van der Waals surface area contributed by atoms with E-state index in [1.54, 1.807) is 0 Å². The van der Waals surface area contributed by atoms with Crippen molar-refractivity contribution in [3.63, 3.8) is 0 Å². The number of piperazine rings is 1. The van der Waals surface area contributed by atoms with Gasteiger partial charge in [0.2, 0.25) is 6.79 Å². The third-order valence-corrected chi connectivity index (χ3v) is 6.20. The Morgan fingerprint density at radius 1 is 0.938 bits per heavy atom. The van der Waals surface area contributed by atoms with Gasteiger partial charge in [-0.25, -0.2) is 4.68 Å². The van der Waals surface area contributed by atoms with Crippen LogP contribution in [-0.2, 0) is 6.54 Å². The maximum Gasteiger partial charge on any atom is 0.231 e. The molecule has 3 heterocycles. The molecular weight excluding hydrogens is 404 g/mol. The summed E-state index contributed by atoms with van der Waals surface area (Å²) in [5.74, 6) is 3.06. The van der Waals surface area contributed by atoms with Crippen molar-refractivity contribution in [3.05, 3.63) is 59.9 Å². The molecule has 1 atom stereocenters. The van der Waals surface area contributed by atoms with Crippen molar-refractivity contribution in [2.45, 2.75) is 32.9 Å². The minimum Gasteiger partial charge on any atom is -0.454 e. The first kappa shape index (κ1) is 20.8. The summed E-state index contributed by atoms with van der Waals surface area (Å²) in [7, 11) is 0. The third-order valence-electron chi connectivity index (χ3n) is 6.20. The Labute approximate surface area is 188 Å². The number of anilines is 1. The van der Waals surface area contributed by atoms with Gasteiger partial charge in [0.15, 0.2) is 17.3 Å². The molecule has 1 aromatic heterocycles. The molecule has 8 heteroatoms. The van der Waals surface area contributed by atoms with Crippen LogP contribution < -0.4 is 14.4 Å². The van der Waals surface area contributed by atoms with Gasteiger partial charge in [0.25, 0.3) is 0 Å². The van der Waals surface area contributed by atoms with E-state index in [2.05, 4.69) is 75.6 Å². The smallest absolute Gasteiger partial charge is 0.231 e. The number of hydrogen-bond acceptors (Lipinski definition) is 7. The molecule has 5 rings (SSSR count). The zero-order valence-corrected chi connectivity index (χ0v) is 18.7. The Morgan fingerprint density at radius 2 is 1.72 bits per heavy atom. The van der Waals surface area contributed by atoms with Gasteiger partial charge < -0.3 is 14.4 Å². The molecule has 0 unspecified atom stereocenters. The Bertz CT molecular complexity index is 1030. The fourth-order valence-corrected chi connectivity index (χ4v) is 4.57. The van der Waals surface area contributed by atoms with Crippen LogP contribution in [0.15, 0.2) is 48.5 Å². The fraction of sp³-hybridized carbons (Fsp3) is 0.458. The standard InChI is InChI=1S/C24H30N6O2/c1-18(2)14-21(29-12-10-28(11-13-29)20-6-4-3-5-7-20)24-25-26-27-30(24)16-19-8-9-22-23(15-19)32-17-31-22/h3-9,15,18,21H,10-14,16-17H2,1-2H3/t21-/m1/s1. The van der Waals surface area contributed by atoms with Crippen LogP contribution in [0.3, 0.4) is 0 Å². The number of ether oxygens (including phenoxy) is 2. The molecule has 1 saturated heterocycles. The van der Waals surface area contributed by atoms with Crippen LogP contribution in [0.25, 0.3) is 0 Å². The number of aromatic nitrogens is 4. The molecule has 2 aliphatic rings. The van der Waals surface area contributed by atoms with Crippen molar-refractivity contribution in [1.29, 1.82) is 0 Å². The van der Waals surface area contributed by atoms with Crippen LogP contribution in [-0.4, -0.2) is 58.1 Å². The molecule has 0 N–H and O–H groups in total. The van der Waals surface area contributed by atoms with Crippen LogP contribution >= 0.6 is 0 Å². The predicted octanol–water partition coefficient (Wildman–Crippen LogP) is 3.36. The fourth-order valence-electron chi connectivity index (χ4n) is 4.57. The van der Waals surface area contributed by atoms with Crippen LogP contribution in [0.2, 0.25) is 0 Å². The van der Waals surface area contributed by atoms with E-state index >= 15 is 0 Å². The lowest BCUT2D eigenvalue weighted by Crippen LogP contribution is -2.48. The Kier molecular flexibility index (Phi) is 5.94. The van der Waals surface area contributed by atoms with Gasteiger partial charge in [0.1, 0.15) is 0 Å². The lowest BCUT2D eigenvalue weighted by Gasteiger charge is -2.40. The van der Waals surface area contributed by atoms with Crippen molar-refractivity contribution in [1.82, 2.24) is 25.1 Å².